The number of hydrogen-bond acceptors (Lipinski definition) is 3. The summed E-state index contributed by atoms with van der Waals surface area (Å²) in [6.07, 6.45) is 1.75. The van der Waals surface area contributed by atoms with Crippen molar-refractivity contribution in [1.29, 1.82) is 0 Å². The molecule has 1 unspecified atom stereocenters. The molecule has 2 N–H and O–H groups in total. The van der Waals surface area contributed by atoms with Crippen molar-refractivity contribution in [1.82, 2.24) is 10.0 Å². The molecule has 0 bridgehead atoms. The van der Waals surface area contributed by atoms with E-state index in [-0.39, 0.29) is 23.3 Å². The number of sulfonamides is 1. The van der Waals surface area contributed by atoms with Gasteiger partial charge in [-0.05, 0) is 44.0 Å². The molecule has 1 heterocycles. The summed E-state index contributed by atoms with van der Waals surface area (Å²) in [7, 11) is -3.63. The molecule has 0 aliphatic carbocycles. The Kier molecular flexibility index (Phi) is 5.73. The van der Waals surface area contributed by atoms with Crippen LogP contribution in [-0.2, 0) is 10.0 Å². The molecule has 1 aliphatic heterocycles. The lowest BCUT2D eigenvalue weighted by molar-refractivity contribution is 0.428. The summed E-state index contributed by atoms with van der Waals surface area (Å²) < 4.78 is 40.1. The fraction of sp³-hybridized carbons (Fsp3) is 0.500. The highest BCUT2D eigenvalue weighted by atomic mass is 35.5. The van der Waals surface area contributed by atoms with Gasteiger partial charge in [0.25, 0.3) is 0 Å². The summed E-state index contributed by atoms with van der Waals surface area (Å²) in [6.45, 7) is 3.13. The number of aryl methyl sites for hydroxylation is 1. The smallest absolute Gasteiger partial charge is 0.240 e. The second-order valence-corrected chi connectivity index (χ2v) is 6.29. The van der Waals surface area contributed by atoms with E-state index in [0.29, 0.717) is 12.1 Å². The van der Waals surface area contributed by atoms with Crippen LogP contribution < -0.4 is 10.0 Å². The van der Waals surface area contributed by atoms with Crippen molar-refractivity contribution < 1.29 is 12.8 Å². The van der Waals surface area contributed by atoms with Crippen molar-refractivity contribution in [3.05, 3.63) is 29.6 Å². The Bertz CT molecular complexity index is 531. The quantitative estimate of drug-likeness (QED) is 0.891. The van der Waals surface area contributed by atoms with Crippen molar-refractivity contribution >= 4 is 22.4 Å². The Morgan fingerprint density at radius 1 is 1.42 bits per heavy atom. The Morgan fingerprint density at radius 2 is 2.16 bits per heavy atom. The maximum absolute atomic E-state index is 13.4. The fourth-order valence-electron chi connectivity index (χ4n) is 1.98. The minimum Gasteiger partial charge on any atom is -0.315 e. The van der Waals surface area contributed by atoms with Crippen LogP contribution in [0.3, 0.4) is 0 Å². The minimum atomic E-state index is -3.63. The van der Waals surface area contributed by atoms with Gasteiger partial charge in [-0.15, -0.1) is 12.4 Å². The summed E-state index contributed by atoms with van der Waals surface area (Å²) in [5, 5.41) is 3.13. The van der Waals surface area contributed by atoms with Crippen molar-refractivity contribution in [2.24, 2.45) is 0 Å². The van der Waals surface area contributed by atoms with Crippen LogP contribution in [0.5, 0.6) is 0 Å². The molecule has 19 heavy (non-hydrogen) atoms. The lowest BCUT2D eigenvalue weighted by Gasteiger charge is -2.23. The second-order valence-electron chi connectivity index (χ2n) is 4.58. The lowest BCUT2D eigenvalue weighted by atomic mass is 10.1. The van der Waals surface area contributed by atoms with Crippen LogP contribution in [0.1, 0.15) is 18.4 Å². The van der Waals surface area contributed by atoms with Crippen LogP contribution in [0.2, 0.25) is 0 Å². The molecule has 2 rings (SSSR count). The van der Waals surface area contributed by atoms with E-state index >= 15 is 0 Å². The first kappa shape index (κ1) is 16.4. The van der Waals surface area contributed by atoms with E-state index in [9.17, 15) is 12.8 Å². The number of rotatable bonds is 3. The van der Waals surface area contributed by atoms with Crippen LogP contribution >= 0.6 is 12.4 Å². The van der Waals surface area contributed by atoms with Gasteiger partial charge in [0.2, 0.25) is 10.0 Å². The predicted octanol–water partition coefficient (Wildman–Crippen LogP) is 1.59. The largest absolute Gasteiger partial charge is 0.315 e. The molecule has 1 aliphatic rings. The second kappa shape index (κ2) is 6.65. The molecule has 1 atom stereocenters. The minimum absolute atomic E-state index is 0. The monoisotopic (exact) mass is 308 g/mol. The number of benzene rings is 1. The molecule has 108 valence electrons. The highest BCUT2D eigenvalue weighted by Gasteiger charge is 2.22. The van der Waals surface area contributed by atoms with E-state index in [1.54, 1.807) is 6.92 Å². The molecule has 1 aromatic rings. The topological polar surface area (TPSA) is 58.2 Å². The summed E-state index contributed by atoms with van der Waals surface area (Å²) in [5.74, 6) is -0.500. The van der Waals surface area contributed by atoms with Crippen LogP contribution in [0.25, 0.3) is 0 Å². The van der Waals surface area contributed by atoms with Gasteiger partial charge < -0.3 is 5.32 Å². The van der Waals surface area contributed by atoms with Gasteiger partial charge in [-0.3, -0.25) is 0 Å². The highest BCUT2D eigenvalue weighted by molar-refractivity contribution is 7.89. The third kappa shape index (κ3) is 4.14. The van der Waals surface area contributed by atoms with E-state index in [4.69, 9.17) is 0 Å². The molecule has 4 nitrogen and oxygen atoms in total. The number of piperidine rings is 1. The Hall–Kier alpha value is -0.690. The fourth-order valence-corrected chi connectivity index (χ4v) is 3.26. The van der Waals surface area contributed by atoms with Gasteiger partial charge in [-0.1, -0.05) is 6.07 Å². The molecular formula is C12H18ClFN2O2S. The normalized spacial score (nSPS) is 19.8. The van der Waals surface area contributed by atoms with Gasteiger partial charge in [0.1, 0.15) is 5.82 Å². The Balaban J connectivity index is 0.00000180. The van der Waals surface area contributed by atoms with Gasteiger partial charge in [0, 0.05) is 12.6 Å². The van der Waals surface area contributed by atoms with Gasteiger partial charge in [-0.25, -0.2) is 17.5 Å². The van der Waals surface area contributed by atoms with E-state index < -0.39 is 15.8 Å². The first-order valence-electron chi connectivity index (χ1n) is 5.98. The van der Waals surface area contributed by atoms with E-state index in [2.05, 4.69) is 10.0 Å². The average Bonchev–Trinajstić information content (AvgIpc) is 2.33. The molecule has 1 aromatic carbocycles. The SMILES string of the molecule is Cc1ccc(S(=O)(=O)NC2CCCNC2)cc1F.Cl. The van der Waals surface area contributed by atoms with Gasteiger partial charge >= 0.3 is 0 Å². The van der Waals surface area contributed by atoms with Crippen LogP contribution in [-0.4, -0.2) is 27.5 Å². The van der Waals surface area contributed by atoms with Crippen molar-refractivity contribution in [2.75, 3.05) is 13.1 Å². The van der Waals surface area contributed by atoms with E-state index in [1.165, 1.54) is 12.1 Å². The van der Waals surface area contributed by atoms with Gasteiger partial charge in [-0.2, -0.15) is 0 Å². The Labute approximate surface area is 119 Å². The molecule has 0 aromatic heterocycles. The zero-order chi connectivity index (χ0) is 13.2. The molecule has 0 spiro atoms. The van der Waals surface area contributed by atoms with E-state index in [1.807, 2.05) is 0 Å². The maximum Gasteiger partial charge on any atom is 0.240 e. The third-order valence-corrected chi connectivity index (χ3v) is 4.59. The average molecular weight is 309 g/mol. The van der Waals surface area contributed by atoms with Crippen LogP contribution in [0.4, 0.5) is 4.39 Å². The summed E-state index contributed by atoms with van der Waals surface area (Å²) >= 11 is 0. The predicted molar refractivity (Wildman–Crippen MR) is 74.6 cm³/mol. The van der Waals surface area contributed by atoms with Gasteiger partial charge in [0.05, 0.1) is 4.90 Å². The van der Waals surface area contributed by atoms with Crippen LogP contribution in [0.15, 0.2) is 23.1 Å². The standard InChI is InChI=1S/C12H17FN2O2S.ClH/c1-9-4-5-11(7-12(9)13)18(16,17)15-10-3-2-6-14-8-10;/h4-5,7,10,14-15H,2-3,6,8H2,1H3;1H. The lowest BCUT2D eigenvalue weighted by Crippen LogP contribution is -2.45. The van der Waals surface area contributed by atoms with E-state index in [0.717, 1.165) is 25.5 Å². The van der Waals surface area contributed by atoms with Crippen molar-refractivity contribution in [3.8, 4) is 0 Å². The summed E-state index contributed by atoms with van der Waals surface area (Å²) in [5.41, 5.74) is 0.438. The van der Waals surface area contributed by atoms with Crippen molar-refractivity contribution in [2.45, 2.75) is 30.7 Å². The number of hydrogen-bond donors (Lipinski definition) is 2. The zero-order valence-electron chi connectivity index (χ0n) is 10.6. The number of halogens is 2. The highest BCUT2D eigenvalue weighted by Crippen LogP contribution is 2.15. The molecule has 0 saturated carbocycles. The zero-order valence-corrected chi connectivity index (χ0v) is 12.3. The first-order valence-corrected chi connectivity index (χ1v) is 7.46. The van der Waals surface area contributed by atoms with Crippen LogP contribution in [0, 0.1) is 12.7 Å². The number of nitrogens with one attached hydrogen (secondary N) is 2. The molecule has 1 saturated heterocycles. The molecule has 0 amide bonds. The van der Waals surface area contributed by atoms with Crippen molar-refractivity contribution in [3.63, 3.8) is 0 Å². The summed E-state index contributed by atoms with van der Waals surface area (Å²) in [4.78, 5) is -0.0174. The molecular weight excluding hydrogens is 291 g/mol. The third-order valence-electron chi connectivity index (χ3n) is 3.07. The maximum atomic E-state index is 13.4. The molecule has 1 fully saturated rings. The summed E-state index contributed by atoms with van der Waals surface area (Å²) in [6, 6.07) is 3.85. The molecule has 7 heteroatoms. The first-order chi connectivity index (χ1) is 8.49. The van der Waals surface area contributed by atoms with Gasteiger partial charge in [0.15, 0.2) is 0 Å². The molecule has 0 radical (unpaired) electrons. The Morgan fingerprint density at radius 3 is 2.74 bits per heavy atom.